The summed E-state index contributed by atoms with van der Waals surface area (Å²) in [7, 11) is 0. The van der Waals surface area contributed by atoms with E-state index in [4.69, 9.17) is 11.6 Å². The molecule has 0 saturated carbocycles. The van der Waals surface area contributed by atoms with Crippen LogP contribution in [0, 0.1) is 13.8 Å². The van der Waals surface area contributed by atoms with Gasteiger partial charge in [0.15, 0.2) is 5.82 Å². The van der Waals surface area contributed by atoms with E-state index >= 15 is 0 Å². The Kier molecular flexibility index (Phi) is 4.77. The Bertz CT molecular complexity index is 1070. The van der Waals surface area contributed by atoms with Gasteiger partial charge in [0.25, 0.3) is 5.78 Å². The lowest BCUT2D eigenvalue weighted by atomic mass is 10.1. The van der Waals surface area contributed by atoms with Crippen LogP contribution in [0.2, 0.25) is 5.02 Å². The summed E-state index contributed by atoms with van der Waals surface area (Å²) < 4.78 is 1.77. The van der Waals surface area contributed by atoms with Crippen LogP contribution in [-0.2, 0) is 6.42 Å². The van der Waals surface area contributed by atoms with Gasteiger partial charge in [-0.25, -0.2) is 4.98 Å². The van der Waals surface area contributed by atoms with E-state index in [1.165, 1.54) is 11.1 Å². The maximum Gasteiger partial charge on any atom is 0.254 e. The van der Waals surface area contributed by atoms with Gasteiger partial charge in [0.05, 0.1) is 0 Å². The maximum atomic E-state index is 5.94. The van der Waals surface area contributed by atoms with Crippen LogP contribution >= 0.6 is 11.6 Å². The number of anilines is 1. The zero-order chi connectivity index (χ0) is 18.8. The first-order valence-corrected chi connectivity index (χ1v) is 9.26. The molecule has 4 rings (SSSR count). The van der Waals surface area contributed by atoms with Crippen molar-refractivity contribution in [2.24, 2.45) is 0 Å². The van der Waals surface area contributed by atoms with E-state index in [9.17, 15) is 0 Å². The average Bonchev–Trinajstić information content (AvgIpc) is 3.08. The zero-order valence-corrected chi connectivity index (χ0v) is 16.0. The molecule has 2 heterocycles. The molecule has 0 radical (unpaired) electrons. The van der Waals surface area contributed by atoms with Gasteiger partial charge < -0.3 is 5.32 Å². The molecule has 6 heteroatoms. The van der Waals surface area contributed by atoms with Crippen LogP contribution < -0.4 is 5.32 Å². The highest BCUT2D eigenvalue weighted by Crippen LogP contribution is 2.19. The van der Waals surface area contributed by atoms with E-state index in [0.717, 1.165) is 35.1 Å². The van der Waals surface area contributed by atoms with Crippen molar-refractivity contribution >= 4 is 23.2 Å². The zero-order valence-electron chi connectivity index (χ0n) is 15.3. The van der Waals surface area contributed by atoms with Crippen molar-refractivity contribution in [3.8, 4) is 11.4 Å². The number of aryl methyl sites for hydroxylation is 2. The van der Waals surface area contributed by atoms with Crippen molar-refractivity contribution in [2.45, 2.75) is 20.3 Å². The molecule has 0 spiro atoms. The van der Waals surface area contributed by atoms with Crippen molar-refractivity contribution in [3.63, 3.8) is 0 Å². The molecule has 0 aliphatic carbocycles. The smallest absolute Gasteiger partial charge is 0.254 e. The largest absolute Gasteiger partial charge is 0.370 e. The van der Waals surface area contributed by atoms with Gasteiger partial charge in [-0.05, 0) is 38.0 Å². The Balaban J connectivity index is 1.58. The number of nitrogens with one attached hydrogen (secondary N) is 1. The van der Waals surface area contributed by atoms with Crippen LogP contribution in [-0.4, -0.2) is 26.1 Å². The van der Waals surface area contributed by atoms with Gasteiger partial charge in [-0.3, -0.25) is 0 Å². The summed E-state index contributed by atoms with van der Waals surface area (Å²) in [5.74, 6) is 2.16. The number of aromatic nitrogens is 4. The van der Waals surface area contributed by atoms with Gasteiger partial charge in [-0.2, -0.15) is 9.50 Å². The molecule has 4 aromatic rings. The molecular weight excluding hydrogens is 358 g/mol. The number of halogens is 1. The van der Waals surface area contributed by atoms with E-state index in [2.05, 4.69) is 39.4 Å². The molecule has 1 N–H and O–H groups in total. The van der Waals surface area contributed by atoms with Crippen molar-refractivity contribution < 1.29 is 0 Å². The Labute approximate surface area is 163 Å². The fourth-order valence-electron chi connectivity index (χ4n) is 2.92. The number of benzene rings is 2. The molecular formula is C21H20ClN5. The molecule has 0 bridgehead atoms. The Hall–Kier alpha value is -2.92. The molecule has 0 aliphatic heterocycles. The third-order valence-electron chi connectivity index (χ3n) is 4.38. The van der Waals surface area contributed by atoms with Crippen LogP contribution in [0.3, 0.4) is 0 Å². The third kappa shape index (κ3) is 3.93. The highest BCUT2D eigenvalue weighted by molar-refractivity contribution is 6.30. The molecule has 5 nitrogen and oxygen atoms in total. The molecule has 2 aromatic carbocycles. The van der Waals surface area contributed by atoms with E-state index in [0.29, 0.717) is 11.6 Å². The van der Waals surface area contributed by atoms with Gasteiger partial charge in [0.1, 0.15) is 5.82 Å². The molecule has 0 unspecified atom stereocenters. The van der Waals surface area contributed by atoms with Crippen molar-refractivity contribution in [1.82, 2.24) is 19.6 Å². The van der Waals surface area contributed by atoms with E-state index in [1.54, 1.807) is 4.52 Å². The summed E-state index contributed by atoms with van der Waals surface area (Å²) in [5.41, 5.74) is 4.32. The van der Waals surface area contributed by atoms with Crippen molar-refractivity contribution in [2.75, 3.05) is 11.9 Å². The number of hydrogen-bond donors (Lipinski definition) is 1. The summed E-state index contributed by atoms with van der Waals surface area (Å²) in [5, 5.41) is 8.86. The van der Waals surface area contributed by atoms with E-state index < -0.39 is 0 Å². The first kappa shape index (κ1) is 17.5. The SMILES string of the molecule is Cc1ccc(-c2nc3nc(C)cc(NCCc4ccc(Cl)cc4)n3n2)cc1. The predicted octanol–water partition coefficient (Wildman–Crippen LogP) is 4.72. The standard InChI is InChI=1S/C21H20ClN5/c1-14-3-7-17(8-4-14)20-25-21-24-15(2)13-19(27(21)26-20)23-12-11-16-5-9-18(22)10-6-16/h3-10,13,23H,11-12H2,1-2H3. The molecule has 0 amide bonds. The summed E-state index contributed by atoms with van der Waals surface area (Å²) in [6.45, 7) is 4.80. The second-order valence-corrected chi connectivity index (χ2v) is 7.04. The number of nitrogens with zero attached hydrogens (tertiary/aromatic N) is 4. The Morgan fingerprint density at radius 1 is 0.963 bits per heavy atom. The molecule has 27 heavy (non-hydrogen) atoms. The van der Waals surface area contributed by atoms with Gasteiger partial charge in [0.2, 0.25) is 0 Å². The summed E-state index contributed by atoms with van der Waals surface area (Å²) in [6, 6.07) is 18.1. The second-order valence-electron chi connectivity index (χ2n) is 6.60. The molecule has 136 valence electrons. The first-order chi connectivity index (χ1) is 13.1. The van der Waals surface area contributed by atoms with E-state index in [1.807, 2.05) is 49.4 Å². The van der Waals surface area contributed by atoms with Crippen LogP contribution in [0.1, 0.15) is 16.8 Å². The van der Waals surface area contributed by atoms with Gasteiger partial charge >= 0.3 is 0 Å². The van der Waals surface area contributed by atoms with Crippen LogP contribution in [0.4, 0.5) is 5.82 Å². The van der Waals surface area contributed by atoms with Crippen LogP contribution in [0.15, 0.2) is 54.6 Å². The number of hydrogen-bond acceptors (Lipinski definition) is 4. The number of rotatable bonds is 5. The van der Waals surface area contributed by atoms with E-state index in [-0.39, 0.29) is 0 Å². The maximum absolute atomic E-state index is 5.94. The molecule has 0 fully saturated rings. The summed E-state index contributed by atoms with van der Waals surface area (Å²) in [6.07, 6.45) is 0.888. The van der Waals surface area contributed by atoms with Crippen molar-refractivity contribution in [3.05, 3.63) is 76.4 Å². The molecule has 0 atom stereocenters. The quantitative estimate of drug-likeness (QED) is 0.547. The summed E-state index contributed by atoms with van der Waals surface area (Å²) in [4.78, 5) is 9.11. The lowest BCUT2D eigenvalue weighted by molar-refractivity contribution is 0.908. The fraction of sp³-hybridized carbons (Fsp3) is 0.190. The van der Waals surface area contributed by atoms with Crippen molar-refractivity contribution in [1.29, 1.82) is 0 Å². The molecule has 0 aliphatic rings. The lowest BCUT2D eigenvalue weighted by Crippen LogP contribution is -2.10. The molecule has 2 aromatic heterocycles. The minimum atomic E-state index is 0.597. The topological polar surface area (TPSA) is 55.1 Å². The number of fused-ring (bicyclic) bond motifs is 1. The van der Waals surface area contributed by atoms with Gasteiger partial charge in [-0.15, -0.1) is 5.10 Å². The minimum Gasteiger partial charge on any atom is -0.370 e. The van der Waals surface area contributed by atoms with Crippen LogP contribution in [0.25, 0.3) is 17.2 Å². The Morgan fingerprint density at radius 3 is 2.44 bits per heavy atom. The minimum absolute atomic E-state index is 0.597. The highest BCUT2D eigenvalue weighted by atomic mass is 35.5. The normalized spacial score (nSPS) is 11.1. The third-order valence-corrected chi connectivity index (χ3v) is 4.64. The van der Waals surface area contributed by atoms with Crippen LogP contribution in [0.5, 0.6) is 0 Å². The Morgan fingerprint density at radius 2 is 1.70 bits per heavy atom. The average molecular weight is 378 g/mol. The second kappa shape index (κ2) is 7.37. The first-order valence-electron chi connectivity index (χ1n) is 8.88. The van der Waals surface area contributed by atoms with Gasteiger partial charge in [0, 0.05) is 28.9 Å². The fourth-order valence-corrected chi connectivity index (χ4v) is 3.05. The monoisotopic (exact) mass is 377 g/mol. The van der Waals surface area contributed by atoms with Gasteiger partial charge in [-0.1, -0.05) is 53.6 Å². The highest BCUT2D eigenvalue weighted by Gasteiger charge is 2.11. The summed E-state index contributed by atoms with van der Waals surface area (Å²) >= 11 is 5.94. The lowest BCUT2D eigenvalue weighted by Gasteiger charge is -2.08. The predicted molar refractivity (Wildman–Crippen MR) is 109 cm³/mol. The molecule has 0 saturated heterocycles.